The van der Waals surface area contributed by atoms with Crippen molar-refractivity contribution in [3.8, 4) is 0 Å². The molecule has 0 unspecified atom stereocenters. The van der Waals surface area contributed by atoms with Gasteiger partial charge in [0.15, 0.2) is 0 Å². The van der Waals surface area contributed by atoms with Crippen LogP contribution in [0.3, 0.4) is 0 Å². The Labute approximate surface area is 136 Å². The minimum Gasteiger partial charge on any atom is -0.369 e. The second kappa shape index (κ2) is 7.99. The van der Waals surface area contributed by atoms with Gasteiger partial charge in [-0.1, -0.05) is 20.3 Å². The lowest BCUT2D eigenvalue weighted by atomic mass is 10.2. The van der Waals surface area contributed by atoms with Crippen molar-refractivity contribution in [1.82, 2.24) is 9.97 Å². The molecule has 0 amide bonds. The number of fused-ring (bicyclic) bond motifs is 1. The zero-order valence-corrected chi connectivity index (χ0v) is 15.1. The van der Waals surface area contributed by atoms with Gasteiger partial charge in [0.05, 0.1) is 11.1 Å². The van der Waals surface area contributed by atoms with Gasteiger partial charge < -0.3 is 5.32 Å². The molecule has 2 rings (SSSR count). The molecule has 1 N–H and O–H groups in total. The largest absolute Gasteiger partial charge is 0.369 e. The number of rotatable bonds is 8. The fourth-order valence-corrected chi connectivity index (χ4v) is 4.14. The first-order valence-electron chi connectivity index (χ1n) is 7.75. The van der Waals surface area contributed by atoms with Gasteiger partial charge in [-0.25, -0.2) is 9.97 Å². The summed E-state index contributed by atoms with van der Waals surface area (Å²) in [5, 5.41) is 4.70. The van der Waals surface area contributed by atoms with E-state index >= 15 is 0 Å². The molecule has 0 bridgehead atoms. The third-order valence-corrected chi connectivity index (χ3v) is 5.63. The zero-order valence-electron chi connectivity index (χ0n) is 13.5. The number of thioether (sulfide) groups is 1. The van der Waals surface area contributed by atoms with Crippen LogP contribution in [0.15, 0.2) is 0 Å². The van der Waals surface area contributed by atoms with Crippen molar-refractivity contribution in [2.24, 2.45) is 0 Å². The molecule has 0 fully saturated rings. The third-order valence-electron chi connectivity index (χ3n) is 3.49. The van der Waals surface area contributed by atoms with Crippen LogP contribution in [0.2, 0.25) is 0 Å². The van der Waals surface area contributed by atoms with Gasteiger partial charge in [-0.3, -0.25) is 0 Å². The van der Waals surface area contributed by atoms with Crippen molar-refractivity contribution >= 4 is 39.1 Å². The highest BCUT2D eigenvalue weighted by atomic mass is 32.2. The summed E-state index contributed by atoms with van der Waals surface area (Å²) in [6.07, 6.45) is 3.62. The number of thiophene rings is 1. The maximum Gasteiger partial charge on any atom is 0.142 e. The minimum atomic E-state index is 0.909. The van der Waals surface area contributed by atoms with Crippen LogP contribution < -0.4 is 5.32 Å². The molecular weight excluding hydrogens is 298 g/mol. The fourth-order valence-electron chi connectivity index (χ4n) is 2.14. The van der Waals surface area contributed by atoms with Crippen molar-refractivity contribution in [2.45, 2.75) is 52.7 Å². The molecule has 0 aliphatic rings. The summed E-state index contributed by atoms with van der Waals surface area (Å²) in [6, 6.07) is 0. The summed E-state index contributed by atoms with van der Waals surface area (Å²) in [6.45, 7) is 9.71. The van der Waals surface area contributed by atoms with E-state index in [1.54, 1.807) is 11.3 Å². The van der Waals surface area contributed by atoms with Crippen LogP contribution in [0.1, 0.15) is 49.4 Å². The van der Waals surface area contributed by atoms with Crippen LogP contribution in [0.4, 0.5) is 5.82 Å². The van der Waals surface area contributed by atoms with E-state index in [9.17, 15) is 0 Å². The van der Waals surface area contributed by atoms with Crippen LogP contribution in [0.5, 0.6) is 0 Å². The first-order valence-corrected chi connectivity index (χ1v) is 9.72. The summed E-state index contributed by atoms with van der Waals surface area (Å²) in [5.41, 5.74) is 1.32. The second-order valence-electron chi connectivity index (χ2n) is 5.28. The predicted octanol–water partition coefficient (Wildman–Crippen LogP) is 5.16. The average molecular weight is 324 g/mol. The topological polar surface area (TPSA) is 37.8 Å². The van der Waals surface area contributed by atoms with Gasteiger partial charge in [0.25, 0.3) is 0 Å². The van der Waals surface area contributed by atoms with E-state index in [1.165, 1.54) is 34.4 Å². The Morgan fingerprint density at radius 3 is 2.67 bits per heavy atom. The van der Waals surface area contributed by atoms with E-state index in [1.807, 2.05) is 11.8 Å². The molecule has 0 atom stereocenters. The SMILES string of the molecule is CCCCSCc1nc(NCCC)c2c(C)c(C)sc2n1. The van der Waals surface area contributed by atoms with Crippen molar-refractivity contribution in [3.63, 3.8) is 0 Å². The van der Waals surface area contributed by atoms with E-state index in [0.717, 1.165) is 35.2 Å². The summed E-state index contributed by atoms with van der Waals surface area (Å²) in [5.74, 6) is 4.09. The molecule has 0 radical (unpaired) electrons. The third kappa shape index (κ3) is 4.10. The molecule has 3 nitrogen and oxygen atoms in total. The highest BCUT2D eigenvalue weighted by molar-refractivity contribution is 7.98. The highest BCUT2D eigenvalue weighted by Gasteiger charge is 2.14. The van der Waals surface area contributed by atoms with Crippen LogP contribution in [-0.2, 0) is 5.75 Å². The molecule has 0 aromatic carbocycles. The van der Waals surface area contributed by atoms with Gasteiger partial charge in [-0.15, -0.1) is 11.3 Å². The fraction of sp³-hybridized carbons (Fsp3) is 0.625. The molecule has 0 aliphatic heterocycles. The second-order valence-corrected chi connectivity index (χ2v) is 7.59. The Morgan fingerprint density at radius 1 is 1.14 bits per heavy atom. The predicted molar refractivity (Wildman–Crippen MR) is 96.7 cm³/mol. The maximum atomic E-state index is 4.77. The molecule has 2 aromatic rings. The highest BCUT2D eigenvalue weighted by Crippen LogP contribution is 2.33. The molecule has 0 saturated carbocycles. The Bertz CT molecular complexity index is 593. The number of aromatic nitrogens is 2. The van der Waals surface area contributed by atoms with Gasteiger partial charge >= 0.3 is 0 Å². The number of aryl methyl sites for hydroxylation is 2. The lowest BCUT2D eigenvalue weighted by molar-refractivity contribution is 0.895. The van der Waals surface area contributed by atoms with Gasteiger partial charge in [-0.05, 0) is 38.0 Å². The molecular formula is C16H25N3S2. The molecule has 0 aliphatic carbocycles. The lowest BCUT2D eigenvalue weighted by Crippen LogP contribution is -2.05. The maximum absolute atomic E-state index is 4.77. The first-order chi connectivity index (χ1) is 10.2. The molecule has 2 heterocycles. The quantitative estimate of drug-likeness (QED) is 0.681. The molecule has 0 saturated heterocycles. The Morgan fingerprint density at radius 2 is 1.95 bits per heavy atom. The molecule has 5 heteroatoms. The van der Waals surface area contributed by atoms with E-state index in [-0.39, 0.29) is 0 Å². The zero-order chi connectivity index (χ0) is 15.2. The number of hydrogen-bond donors (Lipinski definition) is 1. The van der Waals surface area contributed by atoms with Crippen LogP contribution in [0, 0.1) is 13.8 Å². The molecule has 2 aromatic heterocycles. The summed E-state index contributed by atoms with van der Waals surface area (Å²) < 4.78 is 0. The lowest BCUT2D eigenvalue weighted by Gasteiger charge is -2.09. The monoisotopic (exact) mass is 323 g/mol. The van der Waals surface area contributed by atoms with E-state index in [2.05, 4.69) is 33.0 Å². The Balaban J connectivity index is 2.26. The van der Waals surface area contributed by atoms with Crippen molar-refractivity contribution in [1.29, 1.82) is 0 Å². The number of nitrogens with zero attached hydrogens (tertiary/aromatic N) is 2. The Hall–Kier alpha value is -0.810. The standard InChI is InChI=1S/C16H25N3S2/c1-5-7-9-20-10-13-18-15(17-8-6-2)14-11(3)12(4)21-16(14)19-13/h5-10H2,1-4H3,(H,17,18,19). The summed E-state index contributed by atoms with van der Waals surface area (Å²) >= 11 is 3.72. The first kappa shape index (κ1) is 16.6. The number of anilines is 1. The van der Waals surface area contributed by atoms with Crippen molar-refractivity contribution in [2.75, 3.05) is 17.6 Å². The molecule has 116 valence electrons. The minimum absolute atomic E-state index is 0.909. The van der Waals surface area contributed by atoms with Crippen molar-refractivity contribution in [3.05, 3.63) is 16.3 Å². The van der Waals surface area contributed by atoms with Gasteiger partial charge in [-0.2, -0.15) is 11.8 Å². The smallest absolute Gasteiger partial charge is 0.142 e. The van der Waals surface area contributed by atoms with Crippen molar-refractivity contribution < 1.29 is 0 Å². The number of nitrogens with one attached hydrogen (secondary N) is 1. The van der Waals surface area contributed by atoms with Crippen LogP contribution in [-0.4, -0.2) is 22.3 Å². The van der Waals surface area contributed by atoms with Gasteiger partial charge in [0.1, 0.15) is 16.5 Å². The number of hydrogen-bond acceptors (Lipinski definition) is 5. The molecule has 21 heavy (non-hydrogen) atoms. The van der Waals surface area contributed by atoms with Crippen LogP contribution >= 0.6 is 23.1 Å². The number of unbranched alkanes of at least 4 members (excludes halogenated alkanes) is 1. The normalized spacial score (nSPS) is 11.2. The summed E-state index contributed by atoms with van der Waals surface area (Å²) in [4.78, 5) is 12.0. The van der Waals surface area contributed by atoms with Gasteiger partial charge in [0.2, 0.25) is 0 Å². The van der Waals surface area contributed by atoms with E-state index in [4.69, 9.17) is 9.97 Å². The van der Waals surface area contributed by atoms with E-state index < -0.39 is 0 Å². The Kier molecular flexibility index (Phi) is 6.30. The van der Waals surface area contributed by atoms with E-state index in [0.29, 0.717) is 0 Å². The summed E-state index contributed by atoms with van der Waals surface area (Å²) in [7, 11) is 0. The van der Waals surface area contributed by atoms with Crippen LogP contribution in [0.25, 0.3) is 10.2 Å². The molecule has 0 spiro atoms. The average Bonchev–Trinajstić information content (AvgIpc) is 2.76. The van der Waals surface area contributed by atoms with Gasteiger partial charge in [0, 0.05) is 11.4 Å².